The van der Waals surface area contributed by atoms with Crippen LogP contribution in [0, 0.1) is 5.82 Å². The molecule has 0 spiro atoms. The van der Waals surface area contributed by atoms with Gasteiger partial charge in [-0.05, 0) is 44.5 Å². The van der Waals surface area contributed by atoms with Gasteiger partial charge in [0.15, 0.2) is 0 Å². The fourth-order valence-corrected chi connectivity index (χ4v) is 4.38. The van der Waals surface area contributed by atoms with Gasteiger partial charge in [0.1, 0.15) is 24.2 Å². The molecular formula is C24H31ClFN3O5S. The zero-order chi connectivity index (χ0) is 26.3. The second-order valence-corrected chi connectivity index (χ2v) is 10.5. The minimum atomic E-state index is -3.92. The molecule has 11 heteroatoms. The third-order valence-corrected chi connectivity index (χ3v) is 7.01. The Morgan fingerprint density at radius 1 is 1.17 bits per heavy atom. The predicted molar refractivity (Wildman–Crippen MR) is 135 cm³/mol. The molecular weight excluding hydrogens is 497 g/mol. The first-order valence-corrected chi connectivity index (χ1v) is 13.3. The molecule has 2 aromatic rings. The highest BCUT2D eigenvalue weighted by Gasteiger charge is 2.31. The van der Waals surface area contributed by atoms with Crippen molar-refractivity contribution in [3.05, 3.63) is 58.9 Å². The summed E-state index contributed by atoms with van der Waals surface area (Å²) in [4.78, 5) is 27.5. The molecule has 0 aliphatic rings. The monoisotopic (exact) mass is 527 g/mol. The molecule has 8 nitrogen and oxygen atoms in total. The van der Waals surface area contributed by atoms with Gasteiger partial charge in [-0.15, -0.1) is 0 Å². The molecule has 1 N–H and O–H groups in total. The van der Waals surface area contributed by atoms with E-state index in [4.69, 9.17) is 16.3 Å². The van der Waals surface area contributed by atoms with Gasteiger partial charge in [-0.2, -0.15) is 0 Å². The van der Waals surface area contributed by atoms with E-state index in [1.807, 2.05) is 13.8 Å². The maximum atomic E-state index is 14.4. The number of rotatable bonds is 11. The molecule has 35 heavy (non-hydrogen) atoms. The number of sulfonamides is 1. The van der Waals surface area contributed by atoms with Crippen LogP contribution in [0.1, 0.15) is 32.8 Å². The molecule has 2 amide bonds. The number of anilines is 1. The Morgan fingerprint density at radius 3 is 2.37 bits per heavy atom. The largest absolute Gasteiger partial charge is 0.495 e. The number of benzene rings is 2. The molecule has 0 saturated carbocycles. The number of methoxy groups -OCH3 is 1. The molecule has 2 aromatic carbocycles. The number of ether oxygens (including phenoxy) is 1. The predicted octanol–water partition coefficient (Wildman–Crippen LogP) is 3.59. The molecule has 0 radical (unpaired) electrons. The summed E-state index contributed by atoms with van der Waals surface area (Å²) in [6.07, 6.45) is 1.64. The lowest BCUT2D eigenvalue weighted by Crippen LogP contribution is -2.52. The second kappa shape index (κ2) is 12.2. The third-order valence-electron chi connectivity index (χ3n) is 5.57. The average Bonchev–Trinajstić information content (AvgIpc) is 2.80. The van der Waals surface area contributed by atoms with Gasteiger partial charge in [0.05, 0.1) is 24.1 Å². The van der Waals surface area contributed by atoms with Crippen molar-refractivity contribution in [3.8, 4) is 5.75 Å². The summed E-state index contributed by atoms with van der Waals surface area (Å²) >= 11 is 6.17. The van der Waals surface area contributed by atoms with Gasteiger partial charge in [0, 0.05) is 18.2 Å². The van der Waals surface area contributed by atoms with Gasteiger partial charge in [-0.25, -0.2) is 12.8 Å². The first kappa shape index (κ1) is 28.4. The van der Waals surface area contributed by atoms with E-state index in [0.717, 1.165) is 10.6 Å². The molecule has 0 bridgehead atoms. The number of carbonyl (C=O) groups excluding carboxylic acids is 2. The summed E-state index contributed by atoms with van der Waals surface area (Å²) < 4.78 is 45.6. The quantitative estimate of drug-likeness (QED) is 0.482. The fraction of sp³-hybridized carbons (Fsp3) is 0.417. The first-order chi connectivity index (χ1) is 16.4. The minimum Gasteiger partial charge on any atom is -0.495 e. The molecule has 2 rings (SSSR count). The highest BCUT2D eigenvalue weighted by Crippen LogP contribution is 2.30. The zero-order valence-electron chi connectivity index (χ0n) is 20.4. The smallest absolute Gasteiger partial charge is 0.244 e. The summed E-state index contributed by atoms with van der Waals surface area (Å²) in [5.74, 6) is -1.31. The molecule has 0 fully saturated rings. The van der Waals surface area contributed by atoms with E-state index in [1.165, 1.54) is 55.3 Å². The second-order valence-electron chi connectivity index (χ2n) is 8.20. The van der Waals surface area contributed by atoms with Gasteiger partial charge in [-0.3, -0.25) is 13.9 Å². The van der Waals surface area contributed by atoms with Gasteiger partial charge in [-0.1, -0.05) is 36.7 Å². The Hall–Kier alpha value is -2.85. The lowest BCUT2D eigenvalue weighted by atomic mass is 10.1. The Bertz CT molecular complexity index is 1160. The van der Waals surface area contributed by atoms with Gasteiger partial charge in [0.25, 0.3) is 0 Å². The zero-order valence-corrected chi connectivity index (χ0v) is 22.0. The van der Waals surface area contributed by atoms with Crippen LogP contribution < -0.4 is 14.4 Å². The molecule has 0 aromatic heterocycles. The lowest BCUT2D eigenvalue weighted by Gasteiger charge is -2.32. The van der Waals surface area contributed by atoms with Crippen LogP contribution in [0.2, 0.25) is 5.02 Å². The van der Waals surface area contributed by atoms with Crippen molar-refractivity contribution in [3.63, 3.8) is 0 Å². The molecule has 0 heterocycles. The summed E-state index contributed by atoms with van der Waals surface area (Å²) in [7, 11) is -2.50. The molecule has 0 saturated heterocycles. The van der Waals surface area contributed by atoms with E-state index in [-0.39, 0.29) is 28.9 Å². The maximum Gasteiger partial charge on any atom is 0.244 e. The van der Waals surface area contributed by atoms with E-state index in [2.05, 4.69) is 5.32 Å². The van der Waals surface area contributed by atoms with E-state index in [0.29, 0.717) is 12.2 Å². The number of amides is 2. The first-order valence-electron chi connectivity index (χ1n) is 11.0. The Morgan fingerprint density at radius 2 is 1.83 bits per heavy atom. The van der Waals surface area contributed by atoms with Crippen molar-refractivity contribution in [2.45, 2.75) is 45.8 Å². The molecule has 0 unspecified atom stereocenters. The van der Waals surface area contributed by atoms with Crippen LogP contribution in [0.15, 0.2) is 42.5 Å². The third kappa shape index (κ3) is 7.57. The maximum absolute atomic E-state index is 14.4. The average molecular weight is 528 g/mol. The number of hydrogen-bond donors (Lipinski definition) is 1. The topological polar surface area (TPSA) is 96.0 Å². The number of halogens is 2. The standard InChI is InChI=1S/C24H31ClFN3O5S/c1-6-16(2)27-24(31)17(3)28(14-18-9-7-8-10-21(18)26)23(30)15-29(35(5,32)33)19-11-12-22(34-4)20(25)13-19/h7-13,16-17H,6,14-15H2,1-5H3,(H,27,31)/t16-,17-/m0/s1. The molecule has 0 aliphatic heterocycles. The van der Waals surface area contributed by atoms with Crippen molar-refractivity contribution < 1.29 is 27.1 Å². The fourth-order valence-electron chi connectivity index (χ4n) is 3.28. The minimum absolute atomic E-state index is 0.135. The molecule has 192 valence electrons. The van der Waals surface area contributed by atoms with Crippen LogP contribution in [-0.2, 0) is 26.2 Å². The van der Waals surface area contributed by atoms with Crippen LogP contribution >= 0.6 is 11.6 Å². The highest BCUT2D eigenvalue weighted by atomic mass is 35.5. The summed E-state index contributed by atoms with van der Waals surface area (Å²) in [5.41, 5.74) is 0.344. The van der Waals surface area contributed by atoms with Crippen LogP contribution in [0.25, 0.3) is 0 Å². The van der Waals surface area contributed by atoms with Crippen molar-refractivity contribution in [2.24, 2.45) is 0 Å². The van der Waals surface area contributed by atoms with Gasteiger partial charge >= 0.3 is 0 Å². The normalized spacial score (nSPS) is 13.0. The summed E-state index contributed by atoms with van der Waals surface area (Å²) in [6.45, 7) is 4.41. The highest BCUT2D eigenvalue weighted by molar-refractivity contribution is 7.92. The Labute approximate surface area is 211 Å². The summed E-state index contributed by atoms with van der Waals surface area (Å²) in [6, 6.07) is 9.08. The summed E-state index contributed by atoms with van der Waals surface area (Å²) in [5, 5.41) is 2.97. The van der Waals surface area contributed by atoms with Crippen LogP contribution in [-0.4, -0.2) is 57.1 Å². The Kier molecular flexibility index (Phi) is 9.91. The molecule has 0 aliphatic carbocycles. The van der Waals surface area contributed by atoms with Crippen LogP contribution in [0.4, 0.5) is 10.1 Å². The van der Waals surface area contributed by atoms with Crippen LogP contribution in [0.3, 0.4) is 0 Å². The van der Waals surface area contributed by atoms with E-state index in [9.17, 15) is 22.4 Å². The van der Waals surface area contributed by atoms with Crippen molar-refractivity contribution in [2.75, 3.05) is 24.2 Å². The van der Waals surface area contributed by atoms with Crippen molar-refractivity contribution >= 4 is 39.1 Å². The Balaban J connectivity index is 2.43. The molecule has 2 atom stereocenters. The van der Waals surface area contributed by atoms with Crippen molar-refractivity contribution in [1.29, 1.82) is 0 Å². The number of carbonyl (C=O) groups is 2. The number of nitrogens with one attached hydrogen (secondary N) is 1. The van der Waals surface area contributed by atoms with E-state index in [1.54, 1.807) is 6.07 Å². The lowest BCUT2D eigenvalue weighted by molar-refractivity contribution is -0.139. The van der Waals surface area contributed by atoms with Crippen LogP contribution in [0.5, 0.6) is 5.75 Å². The van der Waals surface area contributed by atoms with Crippen molar-refractivity contribution in [1.82, 2.24) is 10.2 Å². The SMILES string of the molecule is CC[C@H](C)NC(=O)[C@H](C)N(Cc1ccccc1F)C(=O)CN(c1ccc(OC)c(Cl)c1)S(C)(=O)=O. The van der Waals surface area contributed by atoms with E-state index >= 15 is 0 Å². The number of nitrogens with zero attached hydrogens (tertiary/aromatic N) is 2. The van der Waals surface area contributed by atoms with Gasteiger partial charge in [0.2, 0.25) is 21.8 Å². The van der Waals surface area contributed by atoms with E-state index < -0.39 is 40.2 Å². The van der Waals surface area contributed by atoms with Gasteiger partial charge < -0.3 is 15.0 Å². The number of hydrogen-bond acceptors (Lipinski definition) is 5.